The van der Waals surface area contributed by atoms with Gasteiger partial charge in [0.05, 0.1) is 33.3 Å². The van der Waals surface area contributed by atoms with Crippen LogP contribution >= 0.6 is 11.3 Å². The Balaban J connectivity index is 1.06. The highest BCUT2D eigenvalue weighted by Gasteiger charge is 2.21. The summed E-state index contributed by atoms with van der Waals surface area (Å²) in [5.41, 5.74) is 8.75. The van der Waals surface area contributed by atoms with Crippen LogP contribution in [0.25, 0.3) is 119 Å². The van der Waals surface area contributed by atoms with E-state index in [0.717, 1.165) is 44.3 Å². The molecule has 5 heteroatoms. The lowest BCUT2D eigenvalue weighted by Crippen LogP contribution is -2.03. The lowest BCUT2D eigenvalue weighted by atomic mass is 10.0. The quantitative estimate of drug-likeness (QED) is 0.181. The number of hydrogen-bond donors (Lipinski definition) is 0. The van der Waals surface area contributed by atoms with Gasteiger partial charge in [0.2, 0.25) is 5.95 Å². The van der Waals surface area contributed by atoms with Crippen LogP contribution < -0.4 is 0 Å². The van der Waals surface area contributed by atoms with Crippen molar-refractivity contribution >= 4 is 108 Å². The van der Waals surface area contributed by atoms with Crippen molar-refractivity contribution in [2.75, 3.05) is 0 Å². The molecule has 0 fully saturated rings. The molecule has 13 rings (SSSR count). The fourth-order valence-corrected chi connectivity index (χ4v) is 10.6. The van der Waals surface area contributed by atoms with Crippen molar-refractivity contribution in [1.82, 2.24) is 19.1 Å². The molecule has 4 nitrogen and oxygen atoms in total. The van der Waals surface area contributed by atoms with E-state index in [1.165, 1.54) is 68.9 Å². The molecule has 0 aliphatic carbocycles. The van der Waals surface area contributed by atoms with Gasteiger partial charge in [-0.3, -0.25) is 4.57 Å². The second-order valence-corrected chi connectivity index (χ2v) is 16.0. The Morgan fingerprint density at radius 1 is 0.386 bits per heavy atom. The van der Waals surface area contributed by atoms with Crippen LogP contribution in [0.5, 0.6) is 0 Å². The third kappa shape index (κ3) is 4.37. The Hall–Kier alpha value is -7.34. The van der Waals surface area contributed by atoms with Crippen molar-refractivity contribution in [2.24, 2.45) is 0 Å². The Labute approximate surface area is 330 Å². The zero-order chi connectivity index (χ0) is 37.2. The van der Waals surface area contributed by atoms with Crippen LogP contribution in [-0.2, 0) is 0 Å². The first-order valence-corrected chi connectivity index (χ1v) is 20.1. The molecule has 57 heavy (non-hydrogen) atoms. The average Bonchev–Trinajstić information content (AvgIpc) is 3.93. The Bertz CT molecular complexity index is 3830. The molecule has 0 aliphatic heterocycles. The molecule has 9 aromatic carbocycles. The Kier molecular flexibility index (Phi) is 6.29. The van der Waals surface area contributed by atoms with E-state index in [0.29, 0.717) is 5.95 Å². The topological polar surface area (TPSA) is 35.6 Å². The van der Waals surface area contributed by atoms with E-state index >= 15 is 0 Å². The van der Waals surface area contributed by atoms with Crippen molar-refractivity contribution in [3.8, 4) is 22.9 Å². The molecule has 0 aliphatic rings. The number of fused-ring (bicyclic) bond motifs is 13. The highest BCUT2D eigenvalue weighted by molar-refractivity contribution is 7.26. The van der Waals surface area contributed by atoms with Crippen molar-refractivity contribution in [3.05, 3.63) is 182 Å². The second-order valence-electron chi connectivity index (χ2n) is 15.0. The van der Waals surface area contributed by atoms with E-state index in [2.05, 4.69) is 191 Å². The van der Waals surface area contributed by atoms with Gasteiger partial charge in [-0.2, -0.15) is 0 Å². The van der Waals surface area contributed by atoms with Crippen molar-refractivity contribution in [3.63, 3.8) is 0 Å². The normalized spacial score (nSPS) is 12.2. The van der Waals surface area contributed by atoms with Crippen LogP contribution in [0.2, 0.25) is 0 Å². The lowest BCUT2D eigenvalue weighted by Gasteiger charge is -2.13. The number of thiophene rings is 1. The standard InChI is InChI=1S/C52H30N4S/c1-2-13-35-31(12-1)25-27-39-36-14-4-8-21-45(36)55(50(35)39)34-26-24-32-30-47-43(29-33(32)28-34)37-15-5-9-22-46(37)56(47)52-53-44-20-7-3-17-41(44)49(54-52)42-19-11-18-40-38-16-6-10-23-48(38)57-51(40)42/h1-30H. The van der Waals surface area contributed by atoms with Gasteiger partial charge in [0.1, 0.15) is 0 Å². The number of para-hydroxylation sites is 3. The highest BCUT2D eigenvalue weighted by atomic mass is 32.1. The number of hydrogen-bond acceptors (Lipinski definition) is 3. The molecule has 0 atom stereocenters. The van der Waals surface area contributed by atoms with Gasteiger partial charge in [-0.1, -0.05) is 133 Å². The second kappa shape index (κ2) is 11.6. The van der Waals surface area contributed by atoms with E-state index in [9.17, 15) is 0 Å². The summed E-state index contributed by atoms with van der Waals surface area (Å²) in [4.78, 5) is 10.8. The molecule has 264 valence electrons. The molecule has 0 radical (unpaired) electrons. The summed E-state index contributed by atoms with van der Waals surface area (Å²) in [6.45, 7) is 0. The van der Waals surface area contributed by atoms with Gasteiger partial charge in [-0.15, -0.1) is 11.3 Å². The average molecular weight is 743 g/mol. The maximum absolute atomic E-state index is 5.50. The zero-order valence-electron chi connectivity index (χ0n) is 30.5. The summed E-state index contributed by atoms with van der Waals surface area (Å²) >= 11 is 1.83. The number of aromatic nitrogens is 4. The predicted molar refractivity (Wildman–Crippen MR) is 242 cm³/mol. The number of rotatable bonds is 3. The third-order valence-corrected chi connectivity index (χ3v) is 13.1. The minimum absolute atomic E-state index is 0.668. The van der Waals surface area contributed by atoms with Crippen LogP contribution in [0.1, 0.15) is 0 Å². The van der Waals surface area contributed by atoms with Gasteiger partial charge in [-0.25, -0.2) is 9.97 Å². The van der Waals surface area contributed by atoms with Crippen molar-refractivity contribution < 1.29 is 0 Å². The van der Waals surface area contributed by atoms with Crippen LogP contribution in [0.15, 0.2) is 182 Å². The van der Waals surface area contributed by atoms with Gasteiger partial charge in [0.25, 0.3) is 0 Å². The fourth-order valence-electron chi connectivity index (χ4n) is 9.36. The molecule has 0 N–H and O–H groups in total. The zero-order valence-corrected chi connectivity index (χ0v) is 31.3. The van der Waals surface area contributed by atoms with Crippen LogP contribution in [0.4, 0.5) is 0 Å². The van der Waals surface area contributed by atoms with Gasteiger partial charge in [0.15, 0.2) is 0 Å². The van der Waals surface area contributed by atoms with Gasteiger partial charge in [0, 0.05) is 63.7 Å². The molecule has 0 spiro atoms. The fraction of sp³-hybridized carbons (Fsp3) is 0. The SMILES string of the molecule is c1ccc2c(c1)ccc1c3ccccc3n(-c3ccc4cc5c(cc4c3)c3ccccc3n5-c3nc(-c4cccc5c4sc4ccccc45)c4ccccc4n3)c21. The van der Waals surface area contributed by atoms with Gasteiger partial charge in [-0.05, 0) is 64.7 Å². The summed E-state index contributed by atoms with van der Waals surface area (Å²) in [5.74, 6) is 0.668. The van der Waals surface area contributed by atoms with E-state index in [4.69, 9.17) is 9.97 Å². The van der Waals surface area contributed by atoms with Gasteiger partial charge < -0.3 is 4.57 Å². The minimum atomic E-state index is 0.668. The number of nitrogens with zero attached hydrogens (tertiary/aromatic N) is 4. The summed E-state index contributed by atoms with van der Waals surface area (Å²) < 4.78 is 7.23. The van der Waals surface area contributed by atoms with E-state index < -0.39 is 0 Å². The monoisotopic (exact) mass is 742 g/mol. The van der Waals surface area contributed by atoms with Crippen molar-refractivity contribution in [1.29, 1.82) is 0 Å². The first-order chi connectivity index (χ1) is 28.3. The molecule has 0 saturated carbocycles. The first kappa shape index (κ1) is 30.9. The number of benzene rings is 9. The molecule has 0 saturated heterocycles. The minimum Gasteiger partial charge on any atom is -0.309 e. The molecule has 13 aromatic rings. The molecular weight excluding hydrogens is 713 g/mol. The van der Waals surface area contributed by atoms with Crippen LogP contribution in [0, 0.1) is 0 Å². The largest absolute Gasteiger partial charge is 0.309 e. The van der Waals surface area contributed by atoms with E-state index in [1.807, 2.05) is 11.3 Å². The molecule has 0 unspecified atom stereocenters. The highest BCUT2D eigenvalue weighted by Crippen LogP contribution is 2.43. The Morgan fingerprint density at radius 2 is 1.07 bits per heavy atom. The molecule has 0 bridgehead atoms. The molecule has 4 aromatic heterocycles. The van der Waals surface area contributed by atoms with E-state index in [-0.39, 0.29) is 0 Å². The smallest absolute Gasteiger partial charge is 0.235 e. The molecule has 4 heterocycles. The van der Waals surface area contributed by atoms with Crippen LogP contribution in [-0.4, -0.2) is 19.1 Å². The van der Waals surface area contributed by atoms with Gasteiger partial charge >= 0.3 is 0 Å². The summed E-state index contributed by atoms with van der Waals surface area (Å²) in [6.07, 6.45) is 0. The Morgan fingerprint density at radius 3 is 1.95 bits per heavy atom. The maximum Gasteiger partial charge on any atom is 0.235 e. The summed E-state index contributed by atoms with van der Waals surface area (Å²) in [5, 5.41) is 13.3. The summed E-state index contributed by atoms with van der Waals surface area (Å²) in [6, 6.07) is 65.9. The third-order valence-electron chi connectivity index (χ3n) is 11.9. The first-order valence-electron chi connectivity index (χ1n) is 19.3. The van der Waals surface area contributed by atoms with Crippen LogP contribution in [0.3, 0.4) is 0 Å². The van der Waals surface area contributed by atoms with E-state index in [1.54, 1.807) is 0 Å². The molecule has 0 amide bonds. The van der Waals surface area contributed by atoms with Crippen molar-refractivity contribution in [2.45, 2.75) is 0 Å². The molecular formula is C52H30N4S. The summed E-state index contributed by atoms with van der Waals surface area (Å²) in [7, 11) is 0. The lowest BCUT2D eigenvalue weighted by molar-refractivity contribution is 1.01. The maximum atomic E-state index is 5.50. The predicted octanol–water partition coefficient (Wildman–Crippen LogP) is 14.2.